The molecule has 0 saturated carbocycles. The van der Waals surface area contributed by atoms with Crippen molar-refractivity contribution in [3.05, 3.63) is 17.0 Å². The number of nitrogens with one attached hydrogen (secondary N) is 1. The molecule has 5 heteroatoms. The van der Waals surface area contributed by atoms with E-state index in [1.165, 1.54) is 0 Å². The van der Waals surface area contributed by atoms with E-state index in [9.17, 15) is 4.79 Å². The van der Waals surface area contributed by atoms with Gasteiger partial charge in [-0.15, -0.1) is 0 Å². The number of hydrogen-bond donors (Lipinski definition) is 1. The Morgan fingerprint density at radius 1 is 1.57 bits per heavy atom. The molecule has 0 aliphatic heterocycles. The van der Waals surface area contributed by atoms with Gasteiger partial charge in [0.15, 0.2) is 0 Å². The molecule has 1 aromatic rings. The summed E-state index contributed by atoms with van der Waals surface area (Å²) in [6.07, 6.45) is 0. The summed E-state index contributed by atoms with van der Waals surface area (Å²) >= 11 is 0. The minimum absolute atomic E-state index is 0.241. The minimum atomic E-state index is -0.241. The number of hydrogen-bond acceptors (Lipinski definition) is 3. The fraction of sp³-hybridized carbons (Fsp3) is 0.556. The summed E-state index contributed by atoms with van der Waals surface area (Å²) < 4.78 is 1.68. The molecule has 0 aromatic carbocycles. The van der Waals surface area contributed by atoms with Crippen molar-refractivity contribution >= 4 is 5.91 Å². The lowest BCUT2D eigenvalue weighted by atomic mass is 10.2. The number of carbonyl (C=O) groups excluding carboxylic acids is 1. The molecule has 1 amide bonds. The predicted molar refractivity (Wildman–Crippen MR) is 51.8 cm³/mol. The highest BCUT2D eigenvalue weighted by Crippen LogP contribution is 2.11. The topological polar surface area (TPSA) is 56.1 Å². The normalized spacial score (nSPS) is 10.3. The van der Waals surface area contributed by atoms with Crippen molar-refractivity contribution in [1.29, 1.82) is 0 Å². The Labute approximate surface area is 83.0 Å². The zero-order valence-corrected chi connectivity index (χ0v) is 8.92. The monoisotopic (exact) mass is 197 g/mol. The van der Waals surface area contributed by atoms with Crippen molar-refractivity contribution in [3.8, 4) is 0 Å². The molecule has 1 N–H and O–H groups in total. The Balaban J connectivity index is 2.89. The fourth-order valence-electron chi connectivity index (χ4n) is 1.29. The molecule has 1 rings (SSSR count). The summed E-state index contributed by atoms with van der Waals surface area (Å²) in [6.45, 7) is 5.90. The van der Waals surface area contributed by atoms with Crippen LogP contribution in [-0.2, 0) is 11.9 Å². The zero-order chi connectivity index (χ0) is 10.7. The molecule has 0 saturated heterocycles. The summed E-state index contributed by atoms with van der Waals surface area (Å²) in [4.78, 5) is 16.4. The Morgan fingerprint density at radius 3 is 2.64 bits per heavy atom. The highest BCUT2D eigenvalue weighted by molar-refractivity contribution is 5.95. The first-order valence-corrected chi connectivity index (χ1v) is 4.50. The summed E-state index contributed by atoms with van der Waals surface area (Å²) in [5.41, 5.74) is 4.48. The van der Waals surface area contributed by atoms with E-state index in [1.807, 2.05) is 13.8 Å². The molecule has 0 bridgehead atoms. The number of nitrogens with zero attached hydrogens (tertiary/aromatic N) is 2. The molecule has 0 aliphatic rings. The van der Waals surface area contributed by atoms with E-state index >= 15 is 0 Å². The fourth-order valence-corrected chi connectivity index (χ4v) is 1.29. The van der Waals surface area contributed by atoms with Crippen LogP contribution >= 0.6 is 0 Å². The van der Waals surface area contributed by atoms with Crippen molar-refractivity contribution in [1.82, 2.24) is 15.3 Å². The molecule has 0 radical (unpaired) electrons. The van der Waals surface area contributed by atoms with E-state index in [2.05, 4.69) is 10.6 Å². The summed E-state index contributed by atoms with van der Waals surface area (Å²) in [5, 5.41) is 4.14. The number of aromatic nitrogens is 2. The first-order chi connectivity index (χ1) is 6.57. The lowest BCUT2D eigenvalue weighted by molar-refractivity contribution is 0.0363. The molecule has 0 unspecified atom stereocenters. The summed E-state index contributed by atoms with van der Waals surface area (Å²) in [5.74, 6) is -0.241. The third-order valence-corrected chi connectivity index (χ3v) is 2.05. The van der Waals surface area contributed by atoms with Crippen LogP contribution in [0.25, 0.3) is 0 Å². The first-order valence-electron chi connectivity index (χ1n) is 4.50. The molecule has 0 fully saturated rings. The lowest BCUT2D eigenvalue weighted by Crippen LogP contribution is -2.24. The maximum Gasteiger partial charge on any atom is 0.278 e. The molecule has 14 heavy (non-hydrogen) atoms. The van der Waals surface area contributed by atoms with Gasteiger partial charge in [0.05, 0.1) is 17.9 Å². The van der Waals surface area contributed by atoms with E-state index < -0.39 is 0 Å². The molecular weight excluding hydrogens is 182 g/mol. The Morgan fingerprint density at radius 2 is 2.21 bits per heavy atom. The van der Waals surface area contributed by atoms with Crippen LogP contribution in [-0.4, -0.2) is 22.3 Å². The average Bonchev–Trinajstić information content (AvgIpc) is 2.38. The molecule has 1 heterocycles. The van der Waals surface area contributed by atoms with Crippen LogP contribution in [0, 0.1) is 13.8 Å². The highest BCUT2D eigenvalue weighted by Gasteiger charge is 2.16. The standard InChI is InChI=1S/C9H15N3O2/c1-5-14-11-9(13)8-6(2)10-12(4)7(8)3/h5H2,1-4H3,(H,11,13). The molecule has 5 nitrogen and oxygen atoms in total. The van der Waals surface area contributed by atoms with Gasteiger partial charge in [-0.05, 0) is 20.8 Å². The van der Waals surface area contributed by atoms with Crippen molar-refractivity contribution < 1.29 is 9.63 Å². The van der Waals surface area contributed by atoms with E-state index in [4.69, 9.17) is 4.84 Å². The first kappa shape index (κ1) is 10.7. The summed E-state index contributed by atoms with van der Waals surface area (Å²) in [6, 6.07) is 0. The van der Waals surface area contributed by atoms with E-state index in [-0.39, 0.29) is 5.91 Å². The summed E-state index contributed by atoms with van der Waals surface area (Å²) in [7, 11) is 1.81. The zero-order valence-electron chi connectivity index (χ0n) is 8.92. The minimum Gasteiger partial charge on any atom is -0.274 e. The number of rotatable bonds is 3. The second kappa shape index (κ2) is 4.23. The van der Waals surface area contributed by atoms with E-state index in [1.54, 1.807) is 18.7 Å². The average molecular weight is 197 g/mol. The van der Waals surface area contributed by atoms with Crippen LogP contribution in [0.2, 0.25) is 0 Å². The maximum atomic E-state index is 11.6. The van der Waals surface area contributed by atoms with Gasteiger partial charge in [0.1, 0.15) is 0 Å². The number of amides is 1. The molecule has 78 valence electrons. The molecular formula is C9H15N3O2. The SMILES string of the molecule is CCONC(=O)c1c(C)nn(C)c1C. The van der Waals surface area contributed by atoms with Crippen molar-refractivity contribution in [2.24, 2.45) is 7.05 Å². The predicted octanol–water partition coefficient (Wildman–Crippen LogP) is 0.718. The van der Waals surface area contributed by atoms with Crippen LogP contribution in [0.15, 0.2) is 0 Å². The molecule has 0 atom stereocenters. The number of carbonyl (C=O) groups is 1. The van der Waals surface area contributed by atoms with E-state index in [0.29, 0.717) is 17.9 Å². The third kappa shape index (κ3) is 1.93. The highest BCUT2D eigenvalue weighted by atomic mass is 16.6. The maximum absolute atomic E-state index is 11.6. The van der Waals surface area contributed by atoms with Crippen molar-refractivity contribution in [3.63, 3.8) is 0 Å². The van der Waals surface area contributed by atoms with Crippen LogP contribution in [0.1, 0.15) is 28.7 Å². The molecule has 1 aromatic heterocycles. The van der Waals surface area contributed by atoms with Gasteiger partial charge in [-0.2, -0.15) is 5.10 Å². The Bertz CT molecular complexity index is 344. The number of aryl methyl sites for hydroxylation is 2. The van der Waals surface area contributed by atoms with Crippen LogP contribution in [0.5, 0.6) is 0 Å². The van der Waals surface area contributed by atoms with Crippen LogP contribution < -0.4 is 5.48 Å². The van der Waals surface area contributed by atoms with Gasteiger partial charge in [0.25, 0.3) is 5.91 Å². The third-order valence-electron chi connectivity index (χ3n) is 2.05. The largest absolute Gasteiger partial charge is 0.278 e. The lowest BCUT2D eigenvalue weighted by Gasteiger charge is -2.03. The molecule has 0 spiro atoms. The van der Waals surface area contributed by atoms with Gasteiger partial charge in [-0.25, -0.2) is 5.48 Å². The quantitative estimate of drug-likeness (QED) is 0.726. The van der Waals surface area contributed by atoms with Gasteiger partial charge < -0.3 is 0 Å². The van der Waals surface area contributed by atoms with Crippen molar-refractivity contribution in [2.45, 2.75) is 20.8 Å². The van der Waals surface area contributed by atoms with Crippen LogP contribution in [0.3, 0.4) is 0 Å². The molecule has 0 aliphatic carbocycles. The smallest absolute Gasteiger partial charge is 0.274 e. The van der Waals surface area contributed by atoms with Crippen molar-refractivity contribution in [2.75, 3.05) is 6.61 Å². The van der Waals surface area contributed by atoms with Gasteiger partial charge in [0, 0.05) is 12.7 Å². The van der Waals surface area contributed by atoms with Gasteiger partial charge in [-0.1, -0.05) is 0 Å². The second-order valence-corrected chi connectivity index (χ2v) is 3.03. The Kier molecular flexibility index (Phi) is 3.24. The Hall–Kier alpha value is -1.36. The van der Waals surface area contributed by atoms with Gasteiger partial charge in [-0.3, -0.25) is 14.3 Å². The van der Waals surface area contributed by atoms with Crippen LogP contribution in [0.4, 0.5) is 0 Å². The van der Waals surface area contributed by atoms with E-state index in [0.717, 1.165) is 5.69 Å². The number of hydroxylamine groups is 1. The van der Waals surface area contributed by atoms with Gasteiger partial charge in [0.2, 0.25) is 0 Å². The van der Waals surface area contributed by atoms with Gasteiger partial charge >= 0.3 is 0 Å². The second-order valence-electron chi connectivity index (χ2n) is 3.03.